The van der Waals surface area contributed by atoms with Gasteiger partial charge in [0.15, 0.2) is 0 Å². The van der Waals surface area contributed by atoms with Crippen LogP contribution in [0.4, 0.5) is 30.8 Å². The fraction of sp³-hybridized carbons (Fsp3) is 0.370. The zero-order valence-electron chi connectivity index (χ0n) is 20.9. The van der Waals surface area contributed by atoms with Crippen molar-refractivity contribution in [2.45, 2.75) is 37.5 Å². The summed E-state index contributed by atoms with van der Waals surface area (Å²) in [5, 5.41) is 15.4. The maximum absolute atomic E-state index is 14.5. The van der Waals surface area contributed by atoms with Crippen molar-refractivity contribution >= 4 is 35.2 Å². The Balaban J connectivity index is 1.39. The quantitative estimate of drug-likeness (QED) is 0.328. The van der Waals surface area contributed by atoms with Crippen LogP contribution < -0.4 is 21.3 Å². The van der Waals surface area contributed by atoms with E-state index in [0.29, 0.717) is 48.0 Å². The number of benzene rings is 2. The second kappa shape index (κ2) is 10.5. The molecule has 5 N–H and O–H groups in total. The van der Waals surface area contributed by atoms with Gasteiger partial charge in [-0.1, -0.05) is 48.0 Å². The number of aliphatic carboxylic acids is 1. The summed E-state index contributed by atoms with van der Waals surface area (Å²) in [6, 6.07) is 11.8. The number of carboxylic acid groups (broad SMARTS) is 1. The van der Waals surface area contributed by atoms with Crippen molar-refractivity contribution in [3.8, 4) is 11.1 Å². The number of carbonyl (C=O) groups is 1. The monoisotopic (exact) mass is 560 g/mol. The average Bonchev–Trinajstić information content (AvgIpc) is 3.30. The first-order valence-electron chi connectivity index (χ1n) is 12.6. The number of nitrogen functional groups attached to an aromatic ring is 1. The number of nitrogens with one attached hydrogen (secondary N) is 2. The molecule has 1 aromatic heterocycles. The second-order valence-electron chi connectivity index (χ2n) is 10.1. The highest BCUT2D eigenvalue weighted by Crippen LogP contribution is 2.42. The van der Waals surface area contributed by atoms with Gasteiger partial charge in [0.25, 0.3) is 0 Å². The lowest BCUT2D eigenvalue weighted by Gasteiger charge is -2.39. The number of aromatic nitrogens is 2. The lowest BCUT2D eigenvalue weighted by Crippen LogP contribution is -2.41. The van der Waals surface area contributed by atoms with Gasteiger partial charge in [-0.05, 0) is 53.5 Å². The summed E-state index contributed by atoms with van der Waals surface area (Å²) in [5.74, 6) is -0.628. The van der Waals surface area contributed by atoms with Gasteiger partial charge in [0.2, 0.25) is 5.95 Å². The first kappa shape index (κ1) is 27.0. The summed E-state index contributed by atoms with van der Waals surface area (Å²) < 4.78 is 43.4. The summed E-state index contributed by atoms with van der Waals surface area (Å²) in [6.07, 6.45) is -2.64. The molecule has 0 amide bonds. The molecule has 2 aliphatic heterocycles. The average molecular weight is 561 g/mol. The number of halogens is 4. The van der Waals surface area contributed by atoms with Crippen molar-refractivity contribution in [3.05, 3.63) is 65.2 Å². The Morgan fingerprint density at radius 2 is 1.90 bits per heavy atom. The Hall–Kier alpha value is -3.57. The predicted octanol–water partition coefficient (Wildman–Crippen LogP) is 5.13. The highest BCUT2D eigenvalue weighted by atomic mass is 35.5. The summed E-state index contributed by atoms with van der Waals surface area (Å²) in [7, 11) is 0. The molecule has 3 heterocycles. The lowest BCUT2D eigenvalue weighted by atomic mass is 9.76. The van der Waals surface area contributed by atoms with Crippen LogP contribution in [0.15, 0.2) is 54.6 Å². The number of hydrogen-bond acceptors (Lipinski definition) is 7. The van der Waals surface area contributed by atoms with E-state index < -0.39 is 24.2 Å². The molecular weight excluding hydrogens is 533 g/mol. The number of rotatable bonds is 6. The highest BCUT2D eigenvalue weighted by Gasteiger charge is 2.44. The number of alkyl halides is 3. The van der Waals surface area contributed by atoms with Gasteiger partial charge in [0.05, 0.1) is 0 Å². The largest absolute Gasteiger partial charge is 0.480 e. The van der Waals surface area contributed by atoms with Crippen molar-refractivity contribution in [2.24, 2.45) is 5.41 Å². The van der Waals surface area contributed by atoms with Gasteiger partial charge in [0.1, 0.15) is 23.7 Å². The number of nitrogens with two attached hydrogens (primary N) is 1. The van der Waals surface area contributed by atoms with E-state index in [9.17, 15) is 23.1 Å². The fourth-order valence-corrected chi connectivity index (χ4v) is 5.71. The molecule has 1 spiro atoms. The van der Waals surface area contributed by atoms with E-state index in [0.717, 1.165) is 12.8 Å². The van der Waals surface area contributed by atoms with Crippen LogP contribution in [0.25, 0.3) is 11.1 Å². The molecule has 2 aliphatic rings. The van der Waals surface area contributed by atoms with Crippen LogP contribution >= 0.6 is 11.6 Å². The number of hydrogen-bond donors (Lipinski definition) is 4. The molecule has 0 unspecified atom stereocenters. The molecule has 0 radical (unpaired) electrons. The number of piperidine rings is 1. The third-order valence-corrected chi connectivity index (χ3v) is 7.80. The Kier molecular flexibility index (Phi) is 7.30. The first-order valence-corrected chi connectivity index (χ1v) is 12.9. The van der Waals surface area contributed by atoms with Gasteiger partial charge >= 0.3 is 12.1 Å². The van der Waals surface area contributed by atoms with Gasteiger partial charge in [-0.25, -0.2) is 0 Å². The number of anilines is 3. The maximum atomic E-state index is 14.5. The van der Waals surface area contributed by atoms with Crippen LogP contribution in [0, 0.1) is 5.41 Å². The van der Waals surface area contributed by atoms with Crippen molar-refractivity contribution < 1.29 is 23.1 Å². The molecule has 2 aromatic carbocycles. The lowest BCUT2D eigenvalue weighted by molar-refractivity contribution is -0.144. The second-order valence-corrected chi connectivity index (χ2v) is 10.6. The number of nitrogens with zero attached hydrogens (tertiary/aromatic N) is 3. The normalized spacial score (nSPS) is 19.7. The molecule has 2 fully saturated rings. The molecule has 12 heteroatoms. The Labute approximate surface area is 228 Å². The van der Waals surface area contributed by atoms with Gasteiger partial charge in [-0.15, -0.1) is 0 Å². The van der Waals surface area contributed by atoms with Crippen LogP contribution in [0.5, 0.6) is 0 Å². The van der Waals surface area contributed by atoms with E-state index in [4.69, 9.17) is 17.3 Å². The van der Waals surface area contributed by atoms with Crippen LogP contribution in [-0.2, 0) is 4.79 Å². The molecule has 206 valence electrons. The third kappa shape index (κ3) is 5.89. The zero-order valence-corrected chi connectivity index (χ0v) is 21.6. The van der Waals surface area contributed by atoms with Crippen molar-refractivity contribution in [2.75, 3.05) is 35.6 Å². The molecule has 2 saturated heterocycles. The predicted molar refractivity (Wildman–Crippen MR) is 144 cm³/mol. The van der Waals surface area contributed by atoms with Crippen molar-refractivity contribution in [3.63, 3.8) is 0 Å². The molecule has 0 saturated carbocycles. The topological polar surface area (TPSA) is 116 Å². The van der Waals surface area contributed by atoms with Crippen molar-refractivity contribution in [1.29, 1.82) is 0 Å². The number of carboxylic acids is 1. The van der Waals surface area contributed by atoms with Gasteiger partial charge in [-0.2, -0.15) is 23.1 Å². The molecular formula is C27H28ClF3N6O2. The van der Waals surface area contributed by atoms with Gasteiger partial charge in [0, 0.05) is 30.7 Å². The van der Waals surface area contributed by atoms with E-state index in [1.807, 2.05) is 4.90 Å². The molecule has 0 bridgehead atoms. The first-order chi connectivity index (χ1) is 18.5. The van der Waals surface area contributed by atoms with Gasteiger partial charge < -0.3 is 26.4 Å². The Morgan fingerprint density at radius 3 is 2.56 bits per heavy atom. The molecule has 39 heavy (non-hydrogen) atoms. The SMILES string of the molecule is Nc1nc(N[C@H](c2ccccc2-c2cccc(Cl)c2)C(F)(F)F)cc(N2CCC3(CC2)CN[C@H](C(=O)O)C3)n1. The summed E-state index contributed by atoms with van der Waals surface area (Å²) >= 11 is 6.11. The summed E-state index contributed by atoms with van der Waals surface area (Å²) in [5.41, 5.74) is 6.79. The highest BCUT2D eigenvalue weighted by molar-refractivity contribution is 6.30. The molecule has 3 aromatic rings. The minimum absolute atomic E-state index is 0.0210. The summed E-state index contributed by atoms with van der Waals surface area (Å²) in [4.78, 5) is 21.7. The van der Waals surface area contributed by atoms with E-state index in [1.165, 1.54) is 12.1 Å². The Bertz CT molecular complexity index is 1360. The minimum atomic E-state index is -4.65. The molecule has 2 atom stereocenters. The van der Waals surface area contributed by atoms with Crippen molar-refractivity contribution in [1.82, 2.24) is 15.3 Å². The van der Waals surface area contributed by atoms with E-state index in [1.54, 1.807) is 42.5 Å². The van der Waals surface area contributed by atoms with Crippen LogP contribution in [0.2, 0.25) is 5.02 Å². The maximum Gasteiger partial charge on any atom is 0.412 e. The standard InChI is InChI=1S/C27H28ClF3N6O2/c28-17-5-3-4-16(12-17)18-6-1-2-7-19(18)23(27(29,30)31)34-21-13-22(36-25(32)35-21)37-10-8-26(9-11-37)14-20(24(38)39)33-15-26/h1-7,12-13,20,23,33H,8-11,14-15H2,(H,38,39)(H3,32,34,35,36)/t20-,23+/m0/s1. The zero-order chi connectivity index (χ0) is 27.8. The summed E-state index contributed by atoms with van der Waals surface area (Å²) in [6.45, 7) is 1.77. The van der Waals surface area contributed by atoms with Crippen LogP contribution in [0.3, 0.4) is 0 Å². The Morgan fingerprint density at radius 1 is 1.15 bits per heavy atom. The van der Waals surface area contributed by atoms with E-state index >= 15 is 0 Å². The van der Waals surface area contributed by atoms with Crippen LogP contribution in [-0.4, -0.2) is 52.9 Å². The molecule has 5 rings (SSSR count). The molecule has 0 aliphatic carbocycles. The third-order valence-electron chi connectivity index (χ3n) is 7.56. The van der Waals surface area contributed by atoms with E-state index in [2.05, 4.69) is 20.6 Å². The molecule has 8 nitrogen and oxygen atoms in total. The van der Waals surface area contributed by atoms with E-state index in [-0.39, 0.29) is 22.7 Å². The van der Waals surface area contributed by atoms with Crippen LogP contribution in [0.1, 0.15) is 30.9 Å². The van der Waals surface area contributed by atoms with Gasteiger partial charge in [-0.3, -0.25) is 4.79 Å². The fourth-order valence-electron chi connectivity index (χ4n) is 5.52. The smallest absolute Gasteiger partial charge is 0.412 e. The minimum Gasteiger partial charge on any atom is -0.480 e.